The van der Waals surface area contributed by atoms with Gasteiger partial charge in [-0.2, -0.15) is 0 Å². The van der Waals surface area contributed by atoms with Crippen LogP contribution in [-0.4, -0.2) is 42.9 Å². The van der Waals surface area contributed by atoms with Gasteiger partial charge in [0, 0.05) is 7.05 Å². The predicted octanol–water partition coefficient (Wildman–Crippen LogP) is 2.50. The Bertz CT molecular complexity index is 448. The molecule has 0 aliphatic heterocycles. The SMILES string of the molecule is CC(C(=O)N(C)C1CCc2ccccc21)N(C)C.Cl. The summed E-state index contributed by atoms with van der Waals surface area (Å²) in [5.74, 6) is 0.196. The zero-order valence-corrected chi connectivity index (χ0v) is 12.9. The molecule has 3 nitrogen and oxygen atoms in total. The van der Waals surface area contributed by atoms with Crippen molar-refractivity contribution in [2.75, 3.05) is 21.1 Å². The smallest absolute Gasteiger partial charge is 0.239 e. The Morgan fingerprint density at radius 1 is 1.26 bits per heavy atom. The largest absolute Gasteiger partial charge is 0.337 e. The molecule has 0 radical (unpaired) electrons. The van der Waals surface area contributed by atoms with Crippen LogP contribution in [0.25, 0.3) is 0 Å². The van der Waals surface area contributed by atoms with E-state index in [0.717, 1.165) is 12.8 Å². The summed E-state index contributed by atoms with van der Waals surface area (Å²) in [5.41, 5.74) is 2.71. The van der Waals surface area contributed by atoms with E-state index in [4.69, 9.17) is 0 Å². The Labute approximate surface area is 122 Å². The topological polar surface area (TPSA) is 23.6 Å². The molecule has 19 heavy (non-hydrogen) atoms. The molecule has 2 rings (SSSR count). The molecule has 2 unspecified atom stereocenters. The highest BCUT2D eigenvalue weighted by Gasteiger charge is 2.30. The van der Waals surface area contributed by atoms with Crippen LogP contribution < -0.4 is 0 Å². The van der Waals surface area contributed by atoms with Crippen LogP contribution in [0.3, 0.4) is 0 Å². The highest BCUT2D eigenvalue weighted by Crippen LogP contribution is 2.35. The summed E-state index contributed by atoms with van der Waals surface area (Å²) in [7, 11) is 5.81. The zero-order valence-electron chi connectivity index (χ0n) is 12.1. The van der Waals surface area contributed by atoms with Gasteiger partial charge in [0.25, 0.3) is 0 Å². The van der Waals surface area contributed by atoms with Gasteiger partial charge in [0.1, 0.15) is 0 Å². The van der Waals surface area contributed by atoms with E-state index in [9.17, 15) is 4.79 Å². The Morgan fingerprint density at radius 3 is 2.53 bits per heavy atom. The van der Waals surface area contributed by atoms with Crippen LogP contribution in [0.2, 0.25) is 0 Å². The fourth-order valence-corrected chi connectivity index (χ4v) is 2.61. The highest BCUT2D eigenvalue weighted by atomic mass is 35.5. The molecule has 4 heteroatoms. The second kappa shape index (κ2) is 6.40. The van der Waals surface area contributed by atoms with Crippen LogP contribution in [-0.2, 0) is 11.2 Å². The lowest BCUT2D eigenvalue weighted by Gasteiger charge is -2.30. The van der Waals surface area contributed by atoms with Gasteiger partial charge in [0.2, 0.25) is 5.91 Å². The highest BCUT2D eigenvalue weighted by molar-refractivity contribution is 5.85. The maximum Gasteiger partial charge on any atom is 0.239 e. The van der Waals surface area contributed by atoms with Crippen LogP contribution in [0.15, 0.2) is 24.3 Å². The lowest BCUT2D eigenvalue weighted by molar-refractivity contribution is -0.136. The quantitative estimate of drug-likeness (QED) is 0.850. The van der Waals surface area contributed by atoms with Gasteiger partial charge < -0.3 is 4.90 Å². The fourth-order valence-electron chi connectivity index (χ4n) is 2.61. The number of fused-ring (bicyclic) bond motifs is 1. The summed E-state index contributed by atoms with van der Waals surface area (Å²) in [6.45, 7) is 1.96. The third-order valence-corrected chi connectivity index (χ3v) is 4.05. The Morgan fingerprint density at radius 2 is 1.89 bits per heavy atom. The van der Waals surface area contributed by atoms with Crippen molar-refractivity contribution in [1.29, 1.82) is 0 Å². The monoisotopic (exact) mass is 282 g/mol. The normalized spacial score (nSPS) is 18.7. The van der Waals surface area contributed by atoms with Gasteiger partial charge in [0.15, 0.2) is 0 Å². The van der Waals surface area contributed by atoms with E-state index < -0.39 is 0 Å². The number of likely N-dealkylation sites (N-methyl/N-ethyl adjacent to an activating group) is 2. The van der Waals surface area contributed by atoms with Crippen molar-refractivity contribution in [2.24, 2.45) is 0 Å². The summed E-state index contributed by atoms with van der Waals surface area (Å²) in [4.78, 5) is 16.2. The zero-order chi connectivity index (χ0) is 13.3. The number of benzene rings is 1. The molecule has 0 N–H and O–H groups in total. The second-order valence-corrected chi connectivity index (χ2v) is 5.34. The summed E-state index contributed by atoms with van der Waals surface area (Å²) >= 11 is 0. The summed E-state index contributed by atoms with van der Waals surface area (Å²) < 4.78 is 0. The Hall–Kier alpha value is -1.06. The third-order valence-electron chi connectivity index (χ3n) is 4.05. The number of aryl methyl sites for hydroxylation is 1. The summed E-state index contributed by atoms with van der Waals surface area (Å²) in [6.07, 6.45) is 2.12. The molecule has 1 aromatic rings. The lowest BCUT2D eigenvalue weighted by Crippen LogP contribution is -2.43. The maximum absolute atomic E-state index is 12.4. The molecule has 0 spiro atoms. The van der Waals surface area contributed by atoms with Crippen molar-refractivity contribution < 1.29 is 4.79 Å². The molecule has 0 aromatic heterocycles. The van der Waals surface area contributed by atoms with E-state index in [1.165, 1.54) is 11.1 Å². The average molecular weight is 283 g/mol. The van der Waals surface area contributed by atoms with E-state index in [1.807, 2.05) is 37.9 Å². The van der Waals surface area contributed by atoms with Gasteiger partial charge in [-0.1, -0.05) is 24.3 Å². The maximum atomic E-state index is 12.4. The molecule has 0 saturated carbocycles. The van der Waals surface area contributed by atoms with E-state index in [2.05, 4.69) is 24.3 Å². The minimum absolute atomic E-state index is 0. The first-order chi connectivity index (χ1) is 8.52. The minimum atomic E-state index is -0.0669. The number of carbonyl (C=O) groups excluding carboxylic acids is 1. The van der Waals surface area contributed by atoms with Gasteiger partial charge in [-0.15, -0.1) is 12.4 Å². The molecule has 0 heterocycles. The van der Waals surface area contributed by atoms with Crippen LogP contribution in [0.1, 0.15) is 30.5 Å². The molecular weight excluding hydrogens is 260 g/mol. The number of hydrogen-bond acceptors (Lipinski definition) is 2. The first-order valence-electron chi connectivity index (χ1n) is 6.53. The van der Waals surface area contributed by atoms with E-state index >= 15 is 0 Å². The van der Waals surface area contributed by atoms with Gasteiger partial charge in [-0.05, 0) is 45.0 Å². The van der Waals surface area contributed by atoms with Crippen molar-refractivity contribution in [2.45, 2.75) is 31.8 Å². The number of amides is 1. The molecule has 1 amide bonds. The van der Waals surface area contributed by atoms with Crippen molar-refractivity contribution in [1.82, 2.24) is 9.80 Å². The van der Waals surface area contributed by atoms with E-state index in [-0.39, 0.29) is 30.4 Å². The number of hydrogen-bond donors (Lipinski definition) is 0. The number of carbonyl (C=O) groups is 1. The molecule has 0 bridgehead atoms. The lowest BCUT2D eigenvalue weighted by atomic mass is 10.1. The van der Waals surface area contributed by atoms with Crippen LogP contribution >= 0.6 is 12.4 Å². The molecule has 0 saturated heterocycles. The minimum Gasteiger partial charge on any atom is -0.337 e. The third kappa shape index (κ3) is 3.10. The Kier molecular flexibility index (Phi) is 5.39. The first kappa shape index (κ1) is 16.0. The van der Waals surface area contributed by atoms with Crippen LogP contribution in [0.4, 0.5) is 0 Å². The van der Waals surface area contributed by atoms with Crippen LogP contribution in [0.5, 0.6) is 0 Å². The number of halogens is 1. The average Bonchev–Trinajstić information content (AvgIpc) is 2.79. The van der Waals surface area contributed by atoms with Crippen molar-refractivity contribution in [3.8, 4) is 0 Å². The van der Waals surface area contributed by atoms with E-state index in [1.54, 1.807) is 0 Å². The van der Waals surface area contributed by atoms with Crippen LogP contribution in [0, 0.1) is 0 Å². The molecule has 106 valence electrons. The fraction of sp³-hybridized carbons (Fsp3) is 0.533. The molecular formula is C15H23ClN2O. The molecule has 0 fully saturated rings. The van der Waals surface area contributed by atoms with Crippen molar-refractivity contribution in [3.63, 3.8) is 0 Å². The molecule has 1 aromatic carbocycles. The molecule has 1 aliphatic carbocycles. The van der Waals surface area contributed by atoms with Gasteiger partial charge >= 0.3 is 0 Å². The Balaban J connectivity index is 0.00000180. The second-order valence-electron chi connectivity index (χ2n) is 5.34. The standard InChI is InChI=1S/C15H22N2O.ClH/c1-11(16(2)3)15(18)17(4)14-10-9-12-7-5-6-8-13(12)14;/h5-8,11,14H,9-10H2,1-4H3;1H. The van der Waals surface area contributed by atoms with Gasteiger partial charge in [-0.3, -0.25) is 9.69 Å². The number of nitrogens with zero attached hydrogens (tertiary/aromatic N) is 2. The summed E-state index contributed by atoms with van der Waals surface area (Å²) in [6, 6.07) is 8.63. The number of rotatable bonds is 3. The van der Waals surface area contributed by atoms with E-state index in [0.29, 0.717) is 0 Å². The van der Waals surface area contributed by atoms with Gasteiger partial charge in [0.05, 0.1) is 12.1 Å². The van der Waals surface area contributed by atoms with Crippen molar-refractivity contribution >= 4 is 18.3 Å². The van der Waals surface area contributed by atoms with Gasteiger partial charge in [-0.25, -0.2) is 0 Å². The predicted molar refractivity (Wildman–Crippen MR) is 80.7 cm³/mol. The molecule has 1 aliphatic rings. The van der Waals surface area contributed by atoms with Crippen molar-refractivity contribution in [3.05, 3.63) is 35.4 Å². The summed E-state index contributed by atoms with van der Waals surface area (Å²) in [5, 5.41) is 0. The first-order valence-corrected chi connectivity index (χ1v) is 6.53. The molecule has 2 atom stereocenters.